The Hall–Kier alpha value is -2.81. The molecule has 2 N–H and O–H groups in total. The molecule has 0 aliphatic heterocycles. The van der Waals surface area contributed by atoms with E-state index >= 15 is 0 Å². The van der Waals surface area contributed by atoms with Crippen LogP contribution in [-0.2, 0) is 17.4 Å². The summed E-state index contributed by atoms with van der Waals surface area (Å²) in [5.41, 5.74) is -2.51. The Kier molecular flexibility index (Phi) is 6.27. The van der Waals surface area contributed by atoms with E-state index in [1.54, 1.807) is 24.3 Å². The molecular formula is C18H20F3N3O3. The van der Waals surface area contributed by atoms with E-state index in [-0.39, 0.29) is 0 Å². The highest BCUT2D eigenvalue weighted by Gasteiger charge is 2.57. The van der Waals surface area contributed by atoms with Crippen LogP contribution in [0.25, 0.3) is 6.08 Å². The van der Waals surface area contributed by atoms with Crippen LogP contribution in [0.5, 0.6) is 5.75 Å². The predicted octanol–water partition coefficient (Wildman–Crippen LogP) is 2.40. The van der Waals surface area contributed by atoms with E-state index in [1.165, 1.54) is 38.7 Å². The number of carbonyl (C=O) groups excluding carboxylic acids is 1. The van der Waals surface area contributed by atoms with Crippen LogP contribution in [0.3, 0.4) is 0 Å². The van der Waals surface area contributed by atoms with Crippen molar-refractivity contribution in [1.29, 1.82) is 0 Å². The van der Waals surface area contributed by atoms with Crippen molar-refractivity contribution in [3.63, 3.8) is 0 Å². The highest BCUT2D eigenvalue weighted by Crippen LogP contribution is 2.40. The minimum absolute atomic E-state index is 0.391. The van der Waals surface area contributed by atoms with Gasteiger partial charge in [0.05, 0.1) is 7.11 Å². The van der Waals surface area contributed by atoms with E-state index in [1.807, 2.05) is 0 Å². The fourth-order valence-corrected chi connectivity index (χ4v) is 2.54. The molecule has 0 spiro atoms. The van der Waals surface area contributed by atoms with Gasteiger partial charge in [-0.15, -0.1) is 0 Å². The number of aryl methyl sites for hydroxylation is 1. The van der Waals surface area contributed by atoms with Crippen LogP contribution in [0.4, 0.5) is 13.2 Å². The van der Waals surface area contributed by atoms with Crippen LogP contribution in [0, 0.1) is 0 Å². The van der Waals surface area contributed by atoms with Gasteiger partial charge in [0.2, 0.25) is 11.5 Å². The van der Waals surface area contributed by atoms with Gasteiger partial charge in [-0.25, -0.2) is 4.98 Å². The molecule has 1 unspecified atom stereocenters. The van der Waals surface area contributed by atoms with Crippen LogP contribution in [-0.4, -0.2) is 40.4 Å². The second-order valence-electron chi connectivity index (χ2n) is 5.84. The molecule has 2 aromatic rings. The standard InChI is InChI=1S/C18H20F3N3O3/c1-24-12-11-23-16(24)17(26,18(19,20)21)9-10-22-15(25)8-7-13-5-3-4-6-14(13)27-2/h3-8,11-12,26H,9-10H2,1-2H3,(H,22,25)/b8-7+. The lowest BCUT2D eigenvalue weighted by Crippen LogP contribution is -2.46. The SMILES string of the molecule is COc1ccccc1/C=C/C(=O)NCCC(O)(c1nccn1C)C(F)(F)F. The molecule has 0 fully saturated rings. The van der Waals surface area contributed by atoms with Crippen molar-refractivity contribution in [3.05, 3.63) is 54.1 Å². The minimum Gasteiger partial charge on any atom is -0.496 e. The normalized spacial score (nSPS) is 14.1. The number of carbonyl (C=O) groups is 1. The van der Waals surface area contributed by atoms with E-state index < -0.39 is 36.5 Å². The Morgan fingerprint density at radius 3 is 2.67 bits per heavy atom. The predicted molar refractivity (Wildman–Crippen MR) is 92.8 cm³/mol. The maximum atomic E-state index is 13.4. The Morgan fingerprint density at radius 1 is 1.37 bits per heavy atom. The molecule has 1 atom stereocenters. The van der Waals surface area contributed by atoms with E-state index in [2.05, 4.69) is 10.3 Å². The Bertz CT molecular complexity index is 817. The number of alkyl halides is 3. The van der Waals surface area contributed by atoms with Gasteiger partial charge in [0.25, 0.3) is 0 Å². The molecule has 0 radical (unpaired) electrons. The summed E-state index contributed by atoms with van der Waals surface area (Å²) in [6.07, 6.45) is -0.560. The number of hydrogen-bond donors (Lipinski definition) is 2. The number of aromatic nitrogens is 2. The number of nitrogens with zero attached hydrogens (tertiary/aromatic N) is 2. The van der Waals surface area contributed by atoms with Gasteiger partial charge in [-0.3, -0.25) is 4.79 Å². The molecule has 9 heteroatoms. The summed E-state index contributed by atoms with van der Waals surface area (Å²) >= 11 is 0. The first-order chi connectivity index (χ1) is 12.7. The molecule has 0 saturated carbocycles. The minimum atomic E-state index is -4.94. The number of benzene rings is 1. The molecule has 1 heterocycles. The molecule has 27 heavy (non-hydrogen) atoms. The largest absolute Gasteiger partial charge is 0.496 e. The van der Waals surface area contributed by atoms with Gasteiger partial charge in [0, 0.05) is 44.0 Å². The molecule has 0 saturated heterocycles. The number of amides is 1. The number of aliphatic hydroxyl groups is 1. The molecule has 0 aliphatic carbocycles. The van der Waals surface area contributed by atoms with Gasteiger partial charge in [-0.05, 0) is 12.1 Å². The molecule has 6 nitrogen and oxygen atoms in total. The first-order valence-electron chi connectivity index (χ1n) is 8.05. The quantitative estimate of drug-likeness (QED) is 0.720. The summed E-state index contributed by atoms with van der Waals surface area (Å²) in [6, 6.07) is 6.97. The van der Waals surface area contributed by atoms with Gasteiger partial charge >= 0.3 is 6.18 Å². The van der Waals surface area contributed by atoms with Crippen molar-refractivity contribution in [2.24, 2.45) is 7.05 Å². The van der Waals surface area contributed by atoms with Gasteiger partial charge in [0.15, 0.2) is 0 Å². The third-order valence-corrected chi connectivity index (χ3v) is 4.00. The van der Waals surface area contributed by atoms with E-state index in [4.69, 9.17) is 4.74 Å². The summed E-state index contributed by atoms with van der Waals surface area (Å²) in [4.78, 5) is 15.5. The van der Waals surface area contributed by atoms with Crippen molar-refractivity contribution >= 4 is 12.0 Å². The first kappa shape index (κ1) is 20.5. The summed E-state index contributed by atoms with van der Waals surface area (Å²) < 4.78 is 46.4. The molecule has 146 valence electrons. The molecular weight excluding hydrogens is 363 g/mol. The molecule has 1 amide bonds. The zero-order valence-electron chi connectivity index (χ0n) is 14.8. The van der Waals surface area contributed by atoms with Gasteiger partial charge in [-0.1, -0.05) is 18.2 Å². The molecule has 2 rings (SSSR count). The first-order valence-corrected chi connectivity index (χ1v) is 8.05. The van der Waals surface area contributed by atoms with Crippen LogP contribution in [0.15, 0.2) is 42.7 Å². The molecule has 1 aromatic carbocycles. The average Bonchev–Trinajstić information content (AvgIpc) is 3.05. The summed E-state index contributed by atoms with van der Waals surface area (Å²) in [5, 5.41) is 12.5. The number of para-hydroxylation sites is 1. The number of nitrogens with one attached hydrogen (secondary N) is 1. The number of halogens is 3. The summed E-state index contributed by atoms with van der Waals surface area (Å²) in [7, 11) is 2.84. The lowest BCUT2D eigenvalue weighted by Gasteiger charge is -2.29. The third-order valence-electron chi connectivity index (χ3n) is 4.00. The van der Waals surface area contributed by atoms with Crippen molar-refractivity contribution in [2.75, 3.05) is 13.7 Å². The van der Waals surface area contributed by atoms with Crippen LogP contribution < -0.4 is 10.1 Å². The average molecular weight is 383 g/mol. The monoisotopic (exact) mass is 383 g/mol. The summed E-state index contributed by atoms with van der Waals surface area (Å²) in [5.74, 6) is -0.568. The van der Waals surface area contributed by atoms with E-state index in [0.717, 1.165) is 4.57 Å². The maximum Gasteiger partial charge on any atom is 0.424 e. The smallest absolute Gasteiger partial charge is 0.424 e. The molecule has 1 aromatic heterocycles. The van der Waals surface area contributed by atoms with Crippen molar-refractivity contribution < 1.29 is 27.8 Å². The second-order valence-corrected chi connectivity index (χ2v) is 5.84. The number of methoxy groups -OCH3 is 1. The topological polar surface area (TPSA) is 76.4 Å². The number of imidazole rings is 1. The fraction of sp³-hybridized carbons (Fsp3) is 0.333. The third kappa shape index (κ3) is 4.68. The Labute approximate surface area is 154 Å². The number of ether oxygens (including phenoxy) is 1. The van der Waals surface area contributed by atoms with Crippen molar-refractivity contribution in [1.82, 2.24) is 14.9 Å². The van der Waals surface area contributed by atoms with Crippen LogP contribution in [0.1, 0.15) is 17.8 Å². The fourth-order valence-electron chi connectivity index (χ4n) is 2.54. The lowest BCUT2D eigenvalue weighted by molar-refractivity contribution is -0.272. The number of rotatable bonds is 7. The zero-order chi connectivity index (χ0) is 20.1. The van der Waals surface area contributed by atoms with Crippen LogP contribution >= 0.6 is 0 Å². The van der Waals surface area contributed by atoms with Crippen molar-refractivity contribution in [3.8, 4) is 5.75 Å². The van der Waals surface area contributed by atoms with Gasteiger partial charge in [-0.2, -0.15) is 13.2 Å². The molecule has 0 bridgehead atoms. The Balaban J connectivity index is 2.02. The second kappa shape index (κ2) is 8.26. The highest BCUT2D eigenvalue weighted by atomic mass is 19.4. The van der Waals surface area contributed by atoms with Gasteiger partial charge < -0.3 is 19.7 Å². The Morgan fingerprint density at radius 2 is 2.07 bits per heavy atom. The molecule has 0 aliphatic rings. The van der Waals surface area contributed by atoms with E-state index in [9.17, 15) is 23.1 Å². The van der Waals surface area contributed by atoms with Crippen molar-refractivity contribution in [2.45, 2.75) is 18.2 Å². The number of hydrogen-bond acceptors (Lipinski definition) is 4. The van der Waals surface area contributed by atoms with Crippen LogP contribution in [0.2, 0.25) is 0 Å². The summed E-state index contributed by atoms with van der Waals surface area (Å²) in [6.45, 7) is -0.391. The van der Waals surface area contributed by atoms with Gasteiger partial charge in [0.1, 0.15) is 11.6 Å². The lowest BCUT2D eigenvalue weighted by atomic mass is 9.97. The zero-order valence-corrected chi connectivity index (χ0v) is 14.8. The van der Waals surface area contributed by atoms with E-state index in [0.29, 0.717) is 11.3 Å². The highest BCUT2D eigenvalue weighted by molar-refractivity contribution is 5.92. The maximum absolute atomic E-state index is 13.4.